The molecule has 0 aliphatic rings. The summed E-state index contributed by atoms with van der Waals surface area (Å²) >= 11 is 5.75. The number of aryl methyl sites for hydroxylation is 1. The molecule has 0 radical (unpaired) electrons. The highest BCUT2D eigenvalue weighted by Gasteiger charge is 2.18. The minimum absolute atomic E-state index is 0.0417. The number of rotatable bonds is 2. The van der Waals surface area contributed by atoms with Crippen molar-refractivity contribution < 1.29 is 4.92 Å². The summed E-state index contributed by atoms with van der Waals surface area (Å²) in [6, 6.07) is 3.08. The van der Waals surface area contributed by atoms with E-state index in [2.05, 4.69) is 0 Å². The summed E-state index contributed by atoms with van der Waals surface area (Å²) in [4.78, 5) is 12.0. The van der Waals surface area contributed by atoms with Crippen molar-refractivity contribution in [1.29, 1.82) is 0 Å². The van der Waals surface area contributed by atoms with E-state index in [1.807, 2.05) is 0 Å². The van der Waals surface area contributed by atoms with E-state index in [0.717, 1.165) is 5.56 Å². The van der Waals surface area contributed by atoms with Gasteiger partial charge < -0.3 is 4.90 Å². The summed E-state index contributed by atoms with van der Waals surface area (Å²) in [5, 5.41) is 11.1. The monoisotopic (exact) mass is 214 g/mol. The maximum Gasteiger partial charge on any atom is 0.294 e. The number of nitrogens with zero attached hydrogens (tertiary/aromatic N) is 2. The zero-order valence-corrected chi connectivity index (χ0v) is 9.00. The van der Waals surface area contributed by atoms with Crippen LogP contribution in [0.5, 0.6) is 0 Å². The molecule has 0 saturated carbocycles. The van der Waals surface area contributed by atoms with Gasteiger partial charge in [-0.1, -0.05) is 11.6 Å². The SMILES string of the molecule is Cc1cc(Cl)cc([N+](=O)[O-])c1N(C)C. The van der Waals surface area contributed by atoms with E-state index in [1.165, 1.54) is 6.07 Å². The normalized spacial score (nSPS) is 10.0. The Morgan fingerprint density at radius 2 is 2.00 bits per heavy atom. The lowest BCUT2D eigenvalue weighted by Gasteiger charge is -2.15. The van der Waals surface area contributed by atoms with E-state index >= 15 is 0 Å². The molecule has 0 fully saturated rings. The van der Waals surface area contributed by atoms with Crippen molar-refractivity contribution in [2.75, 3.05) is 19.0 Å². The molecular weight excluding hydrogens is 204 g/mol. The molecule has 0 heterocycles. The zero-order chi connectivity index (χ0) is 10.9. The first-order chi connectivity index (χ1) is 6.43. The van der Waals surface area contributed by atoms with Gasteiger partial charge in [0.1, 0.15) is 5.69 Å². The highest BCUT2D eigenvalue weighted by atomic mass is 35.5. The second-order valence-electron chi connectivity index (χ2n) is 3.24. The maximum atomic E-state index is 10.8. The number of hydrogen-bond donors (Lipinski definition) is 0. The molecule has 0 amide bonds. The number of hydrogen-bond acceptors (Lipinski definition) is 3. The Hall–Kier alpha value is -1.29. The summed E-state index contributed by atoms with van der Waals surface area (Å²) in [7, 11) is 3.53. The molecule has 0 bridgehead atoms. The molecule has 0 aliphatic heterocycles. The second kappa shape index (κ2) is 3.84. The predicted octanol–water partition coefficient (Wildman–Crippen LogP) is 2.62. The lowest BCUT2D eigenvalue weighted by molar-refractivity contribution is -0.384. The topological polar surface area (TPSA) is 46.4 Å². The van der Waals surface area contributed by atoms with Crippen LogP contribution in [0.1, 0.15) is 5.56 Å². The quantitative estimate of drug-likeness (QED) is 0.562. The second-order valence-corrected chi connectivity index (χ2v) is 3.68. The van der Waals surface area contributed by atoms with Crippen LogP contribution >= 0.6 is 11.6 Å². The van der Waals surface area contributed by atoms with Crippen LogP contribution in [0.2, 0.25) is 5.02 Å². The van der Waals surface area contributed by atoms with Crippen molar-refractivity contribution >= 4 is 23.0 Å². The Bertz CT molecular complexity index is 377. The lowest BCUT2D eigenvalue weighted by Crippen LogP contribution is -2.12. The molecule has 0 unspecified atom stereocenters. The molecular formula is C9H11ClN2O2. The van der Waals surface area contributed by atoms with Gasteiger partial charge in [-0.25, -0.2) is 0 Å². The van der Waals surface area contributed by atoms with Crippen LogP contribution in [0.4, 0.5) is 11.4 Å². The fourth-order valence-corrected chi connectivity index (χ4v) is 1.71. The molecule has 0 aliphatic carbocycles. The molecule has 1 rings (SSSR count). The third-order valence-electron chi connectivity index (χ3n) is 1.89. The molecule has 0 atom stereocenters. The van der Waals surface area contributed by atoms with E-state index in [0.29, 0.717) is 10.7 Å². The first kappa shape index (κ1) is 10.8. The highest BCUT2D eigenvalue weighted by Crippen LogP contribution is 2.33. The van der Waals surface area contributed by atoms with Gasteiger partial charge in [0.05, 0.1) is 4.92 Å². The fourth-order valence-electron chi connectivity index (χ4n) is 1.44. The molecule has 4 nitrogen and oxygen atoms in total. The van der Waals surface area contributed by atoms with Gasteiger partial charge >= 0.3 is 0 Å². The van der Waals surface area contributed by atoms with Gasteiger partial charge in [-0.2, -0.15) is 0 Å². The minimum Gasteiger partial charge on any atom is -0.372 e. The van der Waals surface area contributed by atoms with Crippen molar-refractivity contribution in [3.63, 3.8) is 0 Å². The molecule has 76 valence electrons. The molecule has 0 spiro atoms. The van der Waals surface area contributed by atoms with E-state index in [1.54, 1.807) is 32.0 Å². The Morgan fingerprint density at radius 1 is 1.43 bits per heavy atom. The first-order valence-electron chi connectivity index (χ1n) is 4.05. The Balaban J connectivity index is 3.44. The summed E-state index contributed by atoms with van der Waals surface area (Å²) < 4.78 is 0. The summed E-state index contributed by atoms with van der Waals surface area (Å²) in [5.41, 5.74) is 1.44. The summed E-state index contributed by atoms with van der Waals surface area (Å²) in [6.07, 6.45) is 0. The third-order valence-corrected chi connectivity index (χ3v) is 2.11. The highest BCUT2D eigenvalue weighted by molar-refractivity contribution is 6.31. The smallest absolute Gasteiger partial charge is 0.294 e. The van der Waals surface area contributed by atoms with Gasteiger partial charge in [0.15, 0.2) is 0 Å². The molecule has 14 heavy (non-hydrogen) atoms. The van der Waals surface area contributed by atoms with Gasteiger partial charge in [-0.15, -0.1) is 0 Å². The zero-order valence-electron chi connectivity index (χ0n) is 8.24. The number of nitro groups is 1. The van der Waals surface area contributed by atoms with Crippen LogP contribution in [0, 0.1) is 17.0 Å². The van der Waals surface area contributed by atoms with Gasteiger partial charge in [0, 0.05) is 25.2 Å². The molecule has 0 aromatic heterocycles. The largest absolute Gasteiger partial charge is 0.372 e. The number of anilines is 1. The summed E-state index contributed by atoms with van der Waals surface area (Å²) in [5.74, 6) is 0. The maximum absolute atomic E-state index is 10.8. The van der Waals surface area contributed by atoms with E-state index in [4.69, 9.17) is 11.6 Å². The standard InChI is InChI=1S/C9H11ClN2O2/c1-6-4-7(10)5-8(12(13)14)9(6)11(2)3/h4-5H,1-3H3. The first-order valence-corrected chi connectivity index (χ1v) is 4.43. The number of nitro benzene ring substituents is 1. The van der Waals surface area contributed by atoms with E-state index in [-0.39, 0.29) is 5.69 Å². The van der Waals surface area contributed by atoms with Crippen LogP contribution in [0.3, 0.4) is 0 Å². The van der Waals surface area contributed by atoms with Crippen molar-refractivity contribution in [2.24, 2.45) is 0 Å². The van der Waals surface area contributed by atoms with Gasteiger partial charge in [0.2, 0.25) is 0 Å². The Labute approximate surface area is 87.2 Å². The average Bonchev–Trinajstić information content (AvgIpc) is 2.01. The van der Waals surface area contributed by atoms with Crippen LogP contribution in [-0.4, -0.2) is 19.0 Å². The minimum atomic E-state index is -0.422. The molecule has 1 aromatic rings. The van der Waals surface area contributed by atoms with Crippen LogP contribution in [0.25, 0.3) is 0 Å². The molecule has 0 N–H and O–H groups in total. The van der Waals surface area contributed by atoms with Crippen molar-refractivity contribution in [3.8, 4) is 0 Å². The van der Waals surface area contributed by atoms with Crippen molar-refractivity contribution in [2.45, 2.75) is 6.92 Å². The van der Waals surface area contributed by atoms with E-state index in [9.17, 15) is 10.1 Å². The molecule has 0 saturated heterocycles. The summed E-state index contributed by atoms with van der Waals surface area (Å²) in [6.45, 7) is 1.80. The molecule has 5 heteroatoms. The van der Waals surface area contributed by atoms with Crippen LogP contribution < -0.4 is 4.90 Å². The predicted molar refractivity (Wildman–Crippen MR) is 57.2 cm³/mol. The Kier molecular flexibility index (Phi) is 2.96. The molecule has 1 aromatic carbocycles. The Morgan fingerprint density at radius 3 is 2.43 bits per heavy atom. The fraction of sp³-hybridized carbons (Fsp3) is 0.333. The van der Waals surface area contributed by atoms with E-state index < -0.39 is 4.92 Å². The van der Waals surface area contributed by atoms with Crippen LogP contribution in [-0.2, 0) is 0 Å². The van der Waals surface area contributed by atoms with Crippen molar-refractivity contribution in [3.05, 3.63) is 32.8 Å². The lowest BCUT2D eigenvalue weighted by atomic mass is 10.1. The van der Waals surface area contributed by atoms with Gasteiger partial charge in [-0.05, 0) is 18.6 Å². The van der Waals surface area contributed by atoms with Crippen molar-refractivity contribution in [1.82, 2.24) is 0 Å². The average molecular weight is 215 g/mol. The number of benzene rings is 1. The number of halogens is 1. The van der Waals surface area contributed by atoms with Gasteiger partial charge in [0.25, 0.3) is 5.69 Å². The van der Waals surface area contributed by atoms with Crippen LogP contribution in [0.15, 0.2) is 12.1 Å². The third kappa shape index (κ3) is 1.96. The van der Waals surface area contributed by atoms with Gasteiger partial charge in [-0.3, -0.25) is 10.1 Å².